The minimum atomic E-state index is -0.273. The van der Waals surface area contributed by atoms with Gasteiger partial charge in [0.25, 0.3) is 0 Å². The summed E-state index contributed by atoms with van der Waals surface area (Å²) < 4.78 is 19.4. The van der Waals surface area contributed by atoms with Gasteiger partial charge in [0.15, 0.2) is 0 Å². The van der Waals surface area contributed by atoms with Crippen molar-refractivity contribution in [3.05, 3.63) is 57.8 Å². The predicted octanol–water partition coefficient (Wildman–Crippen LogP) is 4.19. The number of halogens is 2. The molecule has 0 saturated heterocycles. The van der Waals surface area contributed by atoms with Gasteiger partial charge in [-0.3, -0.25) is 0 Å². The lowest BCUT2D eigenvalue weighted by Crippen LogP contribution is -2.19. The van der Waals surface area contributed by atoms with Gasteiger partial charge in [0, 0.05) is 16.6 Å². The van der Waals surface area contributed by atoms with Gasteiger partial charge in [-0.2, -0.15) is 0 Å². The maximum absolute atomic E-state index is 13.8. The number of furan rings is 1. The van der Waals surface area contributed by atoms with E-state index in [1.807, 2.05) is 27.0 Å². The molecule has 102 valence electrons. The highest BCUT2D eigenvalue weighted by atomic mass is 35.5. The van der Waals surface area contributed by atoms with Crippen molar-refractivity contribution in [3.8, 4) is 0 Å². The maximum Gasteiger partial charge on any atom is 0.127 e. The van der Waals surface area contributed by atoms with Crippen molar-refractivity contribution in [3.63, 3.8) is 0 Å². The molecule has 1 heterocycles. The highest BCUT2D eigenvalue weighted by Crippen LogP contribution is 2.26. The van der Waals surface area contributed by atoms with Crippen LogP contribution in [0.5, 0.6) is 0 Å². The Bertz CT molecular complexity index is 580. The van der Waals surface area contributed by atoms with E-state index in [0.717, 1.165) is 17.1 Å². The number of aryl methyl sites for hydroxylation is 2. The lowest BCUT2D eigenvalue weighted by molar-refractivity contribution is 0.488. The molecule has 2 aromatic rings. The largest absolute Gasteiger partial charge is 0.466 e. The summed E-state index contributed by atoms with van der Waals surface area (Å²) in [7, 11) is 1.86. The maximum atomic E-state index is 13.8. The molecule has 19 heavy (non-hydrogen) atoms. The normalized spacial score (nSPS) is 12.7. The summed E-state index contributed by atoms with van der Waals surface area (Å²) in [6.45, 7) is 3.83. The molecule has 0 aliphatic heterocycles. The minimum Gasteiger partial charge on any atom is -0.466 e. The van der Waals surface area contributed by atoms with Crippen LogP contribution in [0.4, 0.5) is 4.39 Å². The molecule has 0 saturated carbocycles. The molecule has 2 nitrogen and oxygen atoms in total. The zero-order chi connectivity index (χ0) is 14.0. The Labute approximate surface area is 117 Å². The third-order valence-electron chi connectivity index (χ3n) is 3.24. The smallest absolute Gasteiger partial charge is 0.127 e. The first-order valence-electron chi connectivity index (χ1n) is 6.19. The van der Waals surface area contributed by atoms with E-state index in [9.17, 15) is 4.39 Å². The molecule has 0 spiro atoms. The molecule has 2 rings (SSSR count). The molecule has 0 radical (unpaired) electrons. The van der Waals surface area contributed by atoms with Crippen LogP contribution in [0.1, 0.15) is 28.7 Å². The average Bonchev–Trinajstić information content (AvgIpc) is 2.68. The first kappa shape index (κ1) is 14.1. The van der Waals surface area contributed by atoms with Gasteiger partial charge in [0.05, 0.1) is 0 Å². The van der Waals surface area contributed by atoms with E-state index in [1.54, 1.807) is 12.1 Å². The van der Waals surface area contributed by atoms with Crippen LogP contribution in [-0.4, -0.2) is 7.05 Å². The number of nitrogens with one attached hydrogen (secondary N) is 1. The van der Waals surface area contributed by atoms with Gasteiger partial charge in [-0.25, -0.2) is 4.39 Å². The van der Waals surface area contributed by atoms with Gasteiger partial charge >= 0.3 is 0 Å². The number of rotatable bonds is 4. The zero-order valence-corrected chi connectivity index (χ0v) is 12.0. The summed E-state index contributed by atoms with van der Waals surface area (Å²) in [6.07, 6.45) is 0.555. The van der Waals surface area contributed by atoms with E-state index in [4.69, 9.17) is 16.0 Å². The fraction of sp³-hybridized carbons (Fsp3) is 0.333. The molecule has 0 aliphatic rings. The lowest BCUT2D eigenvalue weighted by Gasteiger charge is -2.16. The molecule has 0 fully saturated rings. The average molecular weight is 282 g/mol. The van der Waals surface area contributed by atoms with Gasteiger partial charge in [-0.05, 0) is 51.1 Å². The Morgan fingerprint density at radius 2 is 2.05 bits per heavy atom. The third kappa shape index (κ3) is 3.17. The molecule has 4 heteroatoms. The second kappa shape index (κ2) is 5.76. The number of likely N-dealkylation sites (N-methyl/N-ethyl adjacent to an activating group) is 1. The van der Waals surface area contributed by atoms with Crippen molar-refractivity contribution >= 4 is 11.6 Å². The molecule has 0 amide bonds. The highest BCUT2D eigenvalue weighted by molar-refractivity contribution is 6.30. The molecule has 0 bridgehead atoms. The standard InChI is InChI=1S/C15H17ClFNO/c1-9-6-13(10(2)19-9)15(18-3)7-11-4-5-12(16)8-14(11)17/h4-6,8,15,18H,7H2,1-3H3. The molecular formula is C15H17ClFNO. The van der Waals surface area contributed by atoms with E-state index in [0.29, 0.717) is 17.0 Å². The Balaban J connectivity index is 2.26. The van der Waals surface area contributed by atoms with Crippen molar-refractivity contribution in [2.24, 2.45) is 0 Å². The molecule has 1 N–H and O–H groups in total. The Morgan fingerprint density at radius 3 is 2.58 bits per heavy atom. The molecule has 1 unspecified atom stereocenters. The van der Waals surface area contributed by atoms with Gasteiger partial charge < -0.3 is 9.73 Å². The minimum absolute atomic E-state index is 0.0214. The van der Waals surface area contributed by atoms with E-state index in [-0.39, 0.29) is 11.9 Å². The van der Waals surface area contributed by atoms with Crippen LogP contribution < -0.4 is 5.32 Å². The molecule has 1 aromatic heterocycles. The van der Waals surface area contributed by atoms with Crippen LogP contribution in [-0.2, 0) is 6.42 Å². The molecule has 1 aromatic carbocycles. The van der Waals surface area contributed by atoms with Gasteiger partial charge in [-0.1, -0.05) is 17.7 Å². The van der Waals surface area contributed by atoms with Crippen LogP contribution >= 0.6 is 11.6 Å². The Hall–Kier alpha value is -1.32. The summed E-state index contributed by atoms with van der Waals surface area (Å²) in [5, 5.41) is 3.62. The van der Waals surface area contributed by atoms with Crippen LogP contribution in [0.15, 0.2) is 28.7 Å². The van der Waals surface area contributed by atoms with Crippen molar-refractivity contribution in [1.82, 2.24) is 5.32 Å². The van der Waals surface area contributed by atoms with E-state index < -0.39 is 0 Å². The molecular weight excluding hydrogens is 265 g/mol. The summed E-state index contributed by atoms with van der Waals surface area (Å²) in [6, 6.07) is 6.79. The van der Waals surface area contributed by atoms with Gasteiger partial charge in [-0.15, -0.1) is 0 Å². The van der Waals surface area contributed by atoms with Crippen molar-refractivity contribution < 1.29 is 8.81 Å². The SMILES string of the molecule is CNC(Cc1ccc(Cl)cc1F)c1cc(C)oc1C. The van der Waals surface area contributed by atoms with Gasteiger partial charge in [0.2, 0.25) is 0 Å². The van der Waals surface area contributed by atoms with Gasteiger partial charge in [0.1, 0.15) is 17.3 Å². The van der Waals surface area contributed by atoms with E-state index >= 15 is 0 Å². The first-order chi connectivity index (χ1) is 9.01. The second-order valence-corrected chi connectivity index (χ2v) is 5.09. The van der Waals surface area contributed by atoms with Crippen LogP contribution in [0.3, 0.4) is 0 Å². The number of benzene rings is 1. The van der Waals surface area contributed by atoms with Crippen LogP contribution in [0.2, 0.25) is 5.02 Å². The third-order valence-corrected chi connectivity index (χ3v) is 3.48. The Kier molecular flexibility index (Phi) is 4.27. The van der Waals surface area contributed by atoms with E-state index in [1.165, 1.54) is 6.07 Å². The lowest BCUT2D eigenvalue weighted by atomic mass is 9.99. The highest BCUT2D eigenvalue weighted by Gasteiger charge is 2.17. The van der Waals surface area contributed by atoms with Crippen molar-refractivity contribution in [2.45, 2.75) is 26.3 Å². The number of hydrogen-bond donors (Lipinski definition) is 1. The summed E-state index contributed by atoms with van der Waals surface area (Å²) in [4.78, 5) is 0. The van der Waals surface area contributed by atoms with E-state index in [2.05, 4.69) is 5.32 Å². The number of hydrogen-bond acceptors (Lipinski definition) is 2. The quantitative estimate of drug-likeness (QED) is 0.909. The topological polar surface area (TPSA) is 25.2 Å². The Morgan fingerprint density at radius 1 is 1.32 bits per heavy atom. The summed E-state index contributed by atoms with van der Waals surface area (Å²) in [5.74, 6) is 1.46. The van der Waals surface area contributed by atoms with Crippen molar-refractivity contribution in [1.29, 1.82) is 0 Å². The summed E-state index contributed by atoms with van der Waals surface area (Å²) >= 11 is 5.76. The van der Waals surface area contributed by atoms with Crippen LogP contribution in [0.25, 0.3) is 0 Å². The fourth-order valence-corrected chi connectivity index (χ4v) is 2.43. The second-order valence-electron chi connectivity index (χ2n) is 4.65. The van der Waals surface area contributed by atoms with Crippen molar-refractivity contribution in [2.75, 3.05) is 7.05 Å². The summed E-state index contributed by atoms with van der Waals surface area (Å²) in [5.41, 5.74) is 1.70. The van der Waals surface area contributed by atoms with Crippen LogP contribution in [0, 0.1) is 19.7 Å². The first-order valence-corrected chi connectivity index (χ1v) is 6.57. The monoisotopic (exact) mass is 281 g/mol. The predicted molar refractivity (Wildman–Crippen MR) is 75.1 cm³/mol. The fourth-order valence-electron chi connectivity index (χ4n) is 2.27. The zero-order valence-electron chi connectivity index (χ0n) is 11.3. The molecule has 1 atom stereocenters. The molecule has 0 aliphatic carbocycles.